The van der Waals surface area contributed by atoms with Crippen LogP contribution in [0.15, 0.2) is 0 Å². The molecule has 0 radical (unpaired) electrons. The minimum atomic E-state index is -0.156. The number of ketones is 1. The Bertz CT molecular complexity index is 363. The van der Waals surface area contributed by atoms with Gasteiger partial charge in [0.1, 0.15) is 11.9 Å². The van der Waals surface area contributed by atoms with E-state index in [1.165, 1.54) is 19.8 Å². The van der Waals surface area contributed by atoms with Crippen molar-refractivity contribution in [3.05, 3.63) is 0 Å². The lowest BCUT2D eigenvalue weighted by Gasteiger charge is -2.32. The van der Waals surface area contributed by atoms with E-state index in [0.717, 1.165) is 32.1 Å². The Morgan fingerprint density at radius 1 is 1.30 bits per heavy atom. The van der Waals surface area contributed by atoms with Crippen LogP contribution in [0.25, 0.3) is 0 Å². The molecular formula is C17H28O3. The second kappa shape index (κ2) is 6.73. The summed E-state index contributed by atoms with van der Waals surface area (Å²) in [6, 6.07) is 0. The van der Waals surface area contributed by atoms with Crippen molar-refractivity contribution in [1.82, 2.24) is 0 Å². The third-order valence-corrected chi connectivity index (χ3v) is 5.37. The predicted molar refractivity (Wildman–Crippen MR) is 78.2 cm³/mol. The van der Waals surface area contributed by atoms with Gasteiger partial charge in [-0.3, -0.25) is 9.59 Å². The lowest BCUT2D eigenvalue weighted by molar-refractivity contribution is -0.148. The van der Waals surface area contributed by atoms with Crippen molar-refractivity contribution in [1.29, 1.82) is 0 Å². The third-order valence-electron chi connectivity index (χ3n) is 5.37. The fourth-order valence-corrected chi connectivity index (χ4v) is 3.98. The first-order valence-corrected chi connectivity index (χ1v) is 8.17. The van der Waals surface area contributed by atoms with Gasteiger partial charge in [0.05, 0.1) is 0 Å². The molecule has 0 aromatic heterocycles. The Morgan fingerprint density at radius 3 is 2.70 bits per heavy atom. The second-order valence-corrected chi connectivity index (χ2v) is 6.96. The number of rotatable bonds is 4. The fraction of sp³-hybridized carbons (Fsp3) is 0.882. The minimum absolute atomic E-state index is 0.119. The molecule has 0 amide bonds. The van der Waals surface area contributed by atoms with Crippen LogP contribution in [-0.2, 0) is 14.3 Å². The first-order valence-electron chi connectivity index (χ1n) is 8.17. The van der Waals surface area contributed by atoms with Crippen LogP contribution in [0.5, 0.6) is 0 Å². The SMILES string of the molecule is CC(=O)OC1CCCC1CC(C)[C@H]1CC[C@H](C)C(=O)C1. The highest BCUT2D eigenvalue weighted by Gasteiger charge is 2.34. The van der Waals surface area contributed by atoms with Crippen LogP contribution in [0.2, 0.25) is 0 Å². The van der Waals surface area contributed by atoms with Gasteiger partial charge in [-0.15, -0.1) is 0 Å². The maximum atomic E-state index is 11.9. The number of hydrogen-bond acceptors (Lipinski definition) is 3. The number of Topliss-reactive ketones (excluding diaryl/α,β-unsaturated/α-hetero) is 1. The third kappa shape index (κ3) is 3.83. The van der Waals surface area contributed by atoms with E-state index in [-0.39, 0.29) is 18.0 Å². The van der Waals surface area contributed by atoms with E-state index in [1.807, 2.05) is 0 Å². The summed E-state index contributed by atoms with van der Waals surface area (Å²) in [5.41, 5.74) is 0. The van der Waals surface area contributed by atoms with Crippen LogP contribution in [0.4, 0.5) is 0 Å². The molecule has 114 valence electrons. The Morgan fingerprint density at radius 2 is 2.05 bits per heavy atom. The molecule has 0 aromatic rings. The van der Waals surface area contributed by atoms with Crippen LogP contribution in [0.3, 0.4) is 0 Å². The number of carbonyl (C=O) groups is 2. The van der Waals surface area contributed by atoms with Gasteiger partial charge in [0.15, 0.2) is 0 Å². The minimum Gasteiger partial charge on any atom is -0.462 e. The molecule has 3 unspecified atom stereocenters. The molecule has 0 aliphatic heterocycles. The molecule has 0 bridgehead atoms. The Balaban J connectivity index is 1.85. The summed E-state index contributed by atoms with van der Waals surface area (Å²) in [4.78, 5) is 23.0. The van der Waals surface area contributed by atoms with E-state index in [4.69, 9.17) is 4.74 Å². The van der Waals surface area contributed by atoms with E-state index in [0.29, 0.717) is 23.5 Å². The Labute approximate surface area is 122 Å². The van der Waals surface area contributed by atoms with E-state index in [9.17, 15) is 9.59 Å². The molecule has 3 nitrogen and oxygen atoms in total. The molecule has 0 aromatic carbocycles. The molecule has 2 fully saturated rings. The van der Waals surface area contributed by atoms with Crippen molar-refractivity contribution >= 4 is 11.8 Å². The molecule has 20 heavy (non-hydrogen) atoms. The van der Waals surface area contributed by atoms with Crippen LogP contribution in [0, 0.1) is 23.7 Å². The van der Waals surface area contributed by atoms with Crippen molar-refractivity contribution < 1.29 is 14.3 Å². The molecule has 5 atom stereocenters. The highest BCUT2D eigenvalue weighted by atomic mass is 16.5. The first-order chi connectivity index (χ1) is 9.47. The second-order valence-electron chi connectivity index (χ2n) is 6.96. The molecule has 0 N–H and O–H groups in total. The zero-order valence-corrected chi connectivity index (χ0v) is 13.1. The Hall–Kier alpha value is -0.860. The molecule has 2 rings (SSSR count). The van der Waals surface area contributed by atoms with E-state index in [1.54, 1.807) is 0 Å². The van der Waals surface area contributed by atoms with Gasteiger partial charge in [-0.25, -0.2) is 0 Å². The van der Waals surface area contributed by atoms with Crippen molar-refractivity contribution in [3.63, 3.8) is 0 Å². The smallest absolute Gasteiger partial charge is 0.302 e. The summed E-state index contributed by atoms with van der Waals surface area (Å²) in [6.07, 6.45) is 7.54. The zero-order chi connectivity index (χ0) is 14.7. The summed E-state index contributed by atoms with van der Waals surface area (Å²) in [6.45, 7) is 5.83. The van der Waals surface area contributed by atoms with E-state index < -0.39 is 0 Å². The van der Waals surface area contributed by atoms with Crippen molar-refractivity contribution in [3.8, 4) is 0 Å². The largest absolute Gasteiger partial charge is 0.462 e. The van der Waals surface area contributed by atoms with E-state index >= 15 is 0 Å². The van der Waals surface area contributed by atoms with Gasteiger partial charge in [0.25, 0.3) is 0 Å². The maximum Gasteiger partial charge on any atom is 0.302 e. The highest BCUT2D eigenvalue weighted by Crippen LogP contribution is 2.39. The lowest BCUT2D eigenvalue weighted by atomic mass is 9.73. The highest BCUT2D eigenvalue weighted by molar-refractivity contribution is 5.81. The quantitative estimate of drug-likeness (QED) is 0.737. The number of hydrogen-bond donors (Lipinski definition) is 0. The monoisotopic (exact) mass is 280 g/mol. The molecule has 2 aliphatic carbocycles. The maximum absolute atomic E-state index is 11.9. The van der Waals surface area contributed by atoms with Crippen molar-refractivity contribution in [2.75, 3.05) is 0 Å². The summed E-state index contributed by atoms with van der Waals surface area (Å²) in [5.74, 6) is 2.15. The van der Waals surface area contributed by atoms with Gasteiger partial charge >= 0.3 is 5.97 Å². The van der Waals surface area contributed by atoms with Crippen LogP contribution >= 0.6 is 0 Å². The molecule has 3 heteroatoms. The van der Waals surface area contributed by atoms with Gasteiger partial charge in [0.2, 0.25) is 0 Å². The van der Waals surface area contributed by atoms with Crippen LogP contribution < -0.4 is 0 Å². The van der Waals surface area contributed by atoms with Crippen molar-refractivity contribution in [2.24, 2.45) is 23.7 Å². The fourth-order valence-electron chi connectivity index (χ4n) is 3.98. The summed E-state index contributed by atoms with van der Waals surface area (Å²) in [7, 11) is 0. The summed E-state index contributed by atoms with van der Waals surface area (Å²) in [5, 5.41) is 0. The summed E-state index contributed by atoms with van der Waals surface area (Å²) < 4.78 is 5.44. The molecular weight excluding hydrogens is 252 g/mol. The number of esters is 1. The van der Waals surface area contributed by atoms with Gasteiger partial charge in [-0.2, -0.15) is 0 Å². The van der Waals surface area contributed by atoms with E-state index in [2.05, 4.69) is 13.8 Å². The molecule has 2 saturated carbocycles. The number of ether oxygens (including phenoxy) is 1. The molecule has 2 aliphatic rings. The van der Waals surface area contributed by atoms with Crippen molar-refractivity contribution in [2.45, 2.75) is 71.8 Å². The van der Waals surface area contributed by atoms with Gasteiger partial charge in [-0.05, 0) is 56.3 Å². The van der Waals surface area contributed by atoms with Crippen LogP contribution in [0.1, 0.15) is 65.7 Å². The van der Waals surface area contributed by atoms with Gasteiger partial charge in [-0.1, -0.05) is 13.8 Å². The molecule has 0 heterocycles. The van der Waals surface area contributed by atoms with Crippen LogP contribution in [-0.4, -0.2) is 17.9 Å². The standard InChI is InChI=1S/C17H28O3/c1-11-7-8-14(10-16(11)19)12(2)9-15-5-4-6-17(15)20-13(3)18/h11-12,14-15,17H,4-10H2,1-3H3/t11-,12?,14-,15?,17?/m0/s1. The predicted octanol–water partition coefficient (Wildman–Crippen LogP) is 3.75. The average Bonchev–Trinajstić information content (AvgIpc) is 2.79. The lowest BCUT2D eigenvalue weighted by Crippen LogP contribution is -2.29. The summed E-state index contributed by atoms with van der Waals surface area (Å²) >= 11 is 0. The normalized spacial score (nSPS) is 35.9. The topological polar surface area (TPSA) is 43.4 Å². The number of carbonyl (C=O) groups excluding carboxylic acids is 2. The van der Waals surface area contributed by atoms with Gasteiger partial charge in [0, 0.05) is 19.3 Å². The zero-order valence-electron chi connectivity index (χ0n) is 13.1. The Kier molecular flexibility index (Phi) is 5.22. The van der Waals surface area contributed by atoms with Gasteiger partial charge < -0.3 is 4.74 Å². The molecule has 0 saturated heterocycles. The average molecular weight is 280 g/mol. The molecule has 0 spiro atoms. The first kappa shape index (κ1) is 15.5.